The van der Waals surface area contributed by atoms with E-state index in [9.17, 15) is 22.0 Å². The van der Waals surface area contributed by atoms with E-state index >= 15 is 0 Å². The molecule has 0 aliphatic heterocycles. The Bertz CT molecular complexity index is 291. The third kappa shape index (κ3) is 2.56. The molecule has 0 bridgehead atoms. The van der Waals surface area contributed by atoms with Crippen molar-refractivity contribution < 1.29 is 26.7 Å². The predicted octanol–water partition coefficient (Wildman–Crippen LogP) is 3.25. The maximum absolute atomic E-state index is 12.6. The zero-order valence-electron chi connectivity index (χ0n) is 7.68. The van der Waals surface area contributed by atoms with Gasteiger partial charge in [0.1, 0.15) is 0 Å². The van der Waals surface area contributed by atoms with Gasteiger partial charge in [0.2, 0.25) is 5.60 Å². The molecule has 1 atom stereocenters. The van der Waals surface area contributed by atoms with Crippen molar-refractivity contribution in [3.8, 4) is 0 Å². The second-order valence-corrected chi connectivity index (χ2v) is 3.08. The third-order valence-corrected chi connectivity index (χ3v) is 1.87. The van der Waals surface area contributed by atoms with E-state index in [0.717, 1.165) is 6.08 Å². The molecule has 0 aromatic rings. The Balaban J connectivity index is 3.07. The van der Waals surface area contributed by atoms with Crippen LogP contribution < -0.4 is 0 Å². The Hall–Kier alpha value is -0.910. The molecule has 1 aliphatic rings. The Kier molecular flexibility index (Phi) is 3.18. The molecule has 1 nitrogen and oxygen atoms in total. The summed E-state index contributed by atoms with van der Waals surface area (Å²) in [4.78, 5) is 0. The molecule has 85 valence electrons. The molecule has 0 aromatic carbocycles. The lowest BCUT2D eigenvalue weighted by Crippen LogP contribution is -2.46. The normalized spacial score (nSPS) is 27.0. The van der Waals surface area contributed by atoms with Gasteiger partial charge >= 0.3 is 12.8 Å². The van der Waals surface area contributed by atoms with Gasteiger partial charge in [-0.1, -0.05) is 11.6 Å². The number of halogens is 5. The zero-order valence-corrected chi connectivity index (χ0v) is 7.68. The van der Waals surface area contributed by atoms with Crippen LogP contribution >= 0.6 is 0 Å². The highest BCUT2D eigenvalue weighted by Crippen LogP contribution is 2.40. The Morgan fingerprint density at radius 2 is 1.93 bits per heavy atom. The van der Waals surface area contributed by atoms with Crippen LogP contribution in [0.3, 0.4) is 0 Å². The first-order chi connectivity index (χ1) is 6.77. The van der Waals surface area contributed by atoms with Crippen LogP contribution in [0.1, 0.15) is 6.92 Å². The van der Waals surface area contributed by atoms with E-state index in [1.54, 1.807) is 0 Å². The van der Waals surface area contributed by atoms with Gasteiger partial charge in [-0.05, 0) is 19.1 Å². The highest BCUT2D eigenvalue weighted by atomic mass is 19.4. The van der Waals surface area contributed by atoms with E-state index in [1.165, 1.54) is 13.3 Å². The largest absolute Gasteiger partial charge is 0.425 e. The maximum atomic E-state index is 12.6. The fourth-order valence-electron chi connectivity index (χ4n) is 1.24. The van der Waals surface area contributed by atoms with Gasteiger partial charge in [0.15, 0.2) is 0 Å². The highest BCUT2D eigenvalue weighted by molar-refractivity contribution is 5.35. The van der Waals surface area contributed by atoms with Gasteiger partial charge in [-0.15, -0.1) is 0 Å². The summed E-state index contributed by atoms with van der Waals surface area (Å²) in [5, 5.41) is 0. The van der Waals surface area contributed by atoms with Crippen molar-refractivity contribution in [3.05, 3.63) is 30.2 Å². The number of allylic oxidation sites excluding steroid dienone is 2. The van der Waals surface area contributed by atoms with Gasteiger partial charge in [0.05, 0.1) is 0 Å². The van der Waals surface area contributed by atoms with Crippen molar-refractivity contribution in [1.29, 1.82) is 0 Å². The molecule has 0 N–H and O–H groups in total. The Morgan fingerprint density at radius 3 is 2.33 bits per heavy atom. The van der Waals surface area contributed by atoms with E-state index in [1.807, 2.05) is 0 Å². The van der Waals surface area contributed by atoms with Crippen LogP contribution in [0.15, 0.2) is 23.8 Å². The van der Waals surface area contributed by atoms with Crippen molar-refractivity contribution in [2.45, 2.75) is 25.3 Å². The van der Waals surface area contributed by atoms with Crippen LogP contribution in [0.2, 0.25) is 0 Å². The van der Waals surface area contributed by atoms with E-state index in [2.05, 4.69) is 4.74 Å². The topological polar surface area (TPSA) is 9.23 Å². The number of ether oxygens (including phenoxy) is 1. The van der Waals surface area contributed by atoms with E-state index in [0.29, 0.717) is 12.2 Å². The van der Waals surface area contributed by atoms with E-state index in [-0.39, 0.29) is 5.57 Å². The molecule has 0 heterocycles. The molecule has 1 aliphatic carbocycles. The second kappa shape index (κ2) is 3.92. The van der Waals surface area contributed by atoms with Crippen LogP contribution in [0, 0.1) is 6.42 Å². The smallest absolute Gasteiger partial charge is 0.298 e. The molecule has 0 saturated carbocycles. The van der Waals surface area contributed by atoms with Gasteiger partial charge in [-0.2, -0.15) is 22.0 Å². The summed E-state index contributed by atoms with van der Waals surface area (Å²) < 4.78 is 65.2. The molecule has 1 radical (unpaired) electrons. The summed E-state index contributed by atoms with van der Waals surface area (Å²) >= 11 is 0. The molecule has 6 heteroatoms. The van der Waals surface area contributed by atoms with E-state index < -0.39 is 18.4 Å². The predicted molar refractivity (Wildman–Crippen MR) is 43.1 cm³/mol. The van der Waals surface area contributed by atoms with Crippen LogP contribution in [-0.2, 0) is 4.74 Å². The van der Waals surface area contributed by atoms with Crippen molar-refractivity contribution in [2.24, 2.45) is 0 Å². The fraction of sp³-hybridized carbons (Fsp3) is 0.444. The van der Waals surface area contributed by atoms with Crippen LogP contribution in [-0.4, -0.2) is 18.4 Å². The lowest BCUT2D eigenvalue weighted by molar-refractivity contribution is -0.290. The van der Waals surface area contributed by atoms with Crippen molar-refractivity contribution in [1.82, 2.24) is 0 Å². The molecular weight excluding hydrogens is 219 g/mol. The van der Waals surface area contributed by atoms with Crippen molar-refractivity contribution >= 4 is 0 Å². The molecule has 15 heavy (non-hydrogen) atoms. The van der Waals surface area contributed by atoms with E-state index in [4.69, 9.17) is 0 Å². The summed E-state index contributed by atoms with van der Waals surface area (Å²) in [6.07, 6.45) is -1.30. The monoisotopic (exact) mass is 227 g/mol. The van der Waals surface area contributed by atoms with Crippen LogP contribution in [0.4, 0.5) is 22.0 Å². The summed E-state index contributed by atoms with van der Waals surface area (Å²) in [5.74, 6) is 0. The number of rotatable bonds is 2. The summed E-state index contributed by atoms with van der Waals surface area (Å²) in [6, 6.07) is 0. The van der Waals surface area contributed by atoms with Gasteiger partial charge in [0.25, 0.3) is 0 Å². The lowest BCUT2D eigenvalue weighted by atomic mass is 9.93. The molecular formula is C9H8F5O. The first kappa shape index (κ1) is 12.2. The fourth-order valence-corrected chi connectivity index (χ4v) is 1.24. The molecule has 0 fully saturated rings. The summed E-state index contributed by atoms with van der Waals surface area (Å²) in [7, 11) is 0. The molecule has 1 rings (SSSR count). The Labute approximate surface area is 83.2 Å². The van der Waals surface area contributed by atoms with Gasteiger partial charge in [-0.25, -0.2) is 0 Å². The number of alkyl halides is 5. The lowest BCUT2D eigenvalue weighted by Gasteiger charge is -2.32. The average Bonchev–Trinajstić information content (AvgIpc) is 2.00. The molecule has 0 amide bonds. The summed E-state index contributed by atoms with van der Waals surface area (Å²) in [6.45, 7) is -2.11. The number of hydrogen-bond acceptors (Lipinski definition) is 1. The quantitative estimate of drug-likeness (QED) is 0.658. The third-order valence-electron chi connectivity index (χ3n) is 1.87. The number of hydrogen-bond donors (Lipinski definition) is 0. The first-order valence-electron chi connectivity index (χ1n) is 4.01. The minimum absolute atomic E-state index is 0.218. The SMILES string of the molecule is CC1=CC(OC(F)F)(C(F)(F)F)C=C[CH]1. The van der Waals surface area contributed by atoms with Crippen LogP contribution in [0.25, 0.3) is 0 Å². The van der Waals surface area contributed by atoms with Gasteiger partial charge < -0.3 is 0 Å². The highest BCUT2D eigenvalue weighted by Gasteiger charge is 2.55. The molecule has 1 unspecified atom stereocenters. The maximum Gasteiger partial charge on any atom is 0.425 e. The van der Waals surface area contributed by atoms with Crippen molar-refractivity contribution in [3.63, 3.8) is 0 Å². The van der Waals surface area contributed by atoms with Gasteiger partial charge in [-0.3, -0.25) is 4.74 Å². The molecule has 0 aromatic heterocycles. The standard InChI is InChI=1S/C9H8F5O/c1-6-3-2-4-8(5-6,9(12,13)14)15-7(10)11/h2-5,7H,1H3. The van der Waals surface area contributed by atoms with Gasteiger partial charge in [0, 0.05) is 6.42 Å². The Morgan fingerprint density at radius 1 is 1.33 bits per heavy atom. The van der Waals surface area contributed by atoms with Crippen LogP contribution in [0.5, 0.6) is 0 Å². The zero-order chi connectivity index (χ0) is 11.7. The minimum Gasteiger partial charge on any atom is -0.298 e. The minimum atomic E-state index is -4.91. The van der Waals surface area contributed by atoms with Crippen molar-refractivity contribution in [2.75, 3.05) is 0 Å². The molecule has 0 spiro atoms. The summed E-state index contributed by atoms with van der Waals surface area (Å²) in [5.41, 5.74) is -2.80. The molecule has 0 saturated heterocycles. The second-order valence-electron chi connectivity index (χ2n) is 3.08. The first-order valence-corrected chi connectivity index (χ1v) is 4.01. The average molecular weight is 227 g/mol.